The highest BCUT2D eigenvalue weighted by molar-refractivity contribution is 5.56. The Labute approximate surface area is 138 Å². The summed E-state index contributed by atoms with van der Waals surface area (Å²) in [5.74, 6) is -0.619. The first-order chi connectivity index (χ1) is 11.6. The van der Waals surface area contributed by atoms with Gasteiger partial charge in [0.05, 0.1) is 11.9 Å². The van der Waals surface area contributed by atoms with Crippen LogP contribution in [0, 0.1) is 11.6 Å². The summed E-state index contributed by atoms with van der Waals surface area (Å²) < 4.78 is 26.7. The van der Waals surface area contributed by atoms with Crippen molar-refractivity contribution in [3.63, 3.8) is 0 Å². The van der Waals surface area contributed by atoms with Gasteiger partial charge in [0.15, 0.2) is 5.82 Å². The van der Waals surface area contributed by atoms with Crippen molar-refractivity contribution < 1.29 is 8.78 Å². The summed E-state index contributed by atoms with van der Waals surface area (Å²) in [5, 5.41) is 10.6. The minimum atomic E-state index is -0.701. The first-order valence-corrected chi connectivity index (χ1v) is 7.28. The van der Waals surface area contributed by atoms with E-state index >= 15 is 0 Å². The SMILES string of the molecule is CN(Cc1ccccc1)c1nncc(Nc2ccc(F)cc2F)n1. The largest absolute Gasteiger partial charge is 0.338 e. The van der Waals surface area contributed by atoms with Crippen molar-refractivity contribution in [1.29, 1.82) is 0 Å². The van der Waals surface area contributed by atoms with Crippen molar-refractivity contribution in [2.45, 2.75) is 6.54 Å². The van der Waals surface area contributed by atoms with Crippen LogP contribution in [-0.2, 0) is 6.54 Å². The van der Waals surface area contributed by atoms with Crippen LogP contribution in [0.25, 0.3) is 0 Å². The second kappa shape index (κ2) is 6.99. The van der Waals surface area contributed by atoms with E-state index in [0.29, 0.717) is 18.3 Å². The molecule has 1 aromatic heterocycles. The Kier molecular flexibility index (Phi) is 4.60. The van der Waals surface area contributed by atoms with E-state index in [1.54, 1.807) is 0 Å². The Morgan fingerprint density at radius 1 is 1.08 bits per heavy atom. The fraction of sp³-hybridized carbons (Fsp3) is 0.118. The molecule has 0 saturated heterocycles. The van der Waals surface area contributed by atoms with Gasteiger partial charge in [-0.15, -0.1) is 5.10 Å². The summed E-state index contributed by atoms with van der Waals surface area (Å²) in [7, 11) is 1.84. The van der Waals surface area contributed by atoms with Gasteiger partial charge in [-0.05, 0) is 17.7 Å². The van der Waals surface area contributed by atoms with Gasteiger partial charge in [-0.3, -0.25) is 0 Å². The molecule has 24 heavy (non-hydrogen) atoms. The number of aromatic nitrogens is 3. The maximum absolute atomic E-state index is 13.7. The molecule has 0 spiro atoms. The molecule has 0 bridgehead atoms. The maximum atomic E-state index is 13.7. The number of hydrogen-bond donors (Lipinski definition) is 1. The third-order valence-corrected chi connectivity index (χ3v) is 3.35. The molecule has 7 heteroatoms. The standard InChI is InChI=1S/C17H15F2N5/c1-24(11-12-5-3-2-4-6-12)17-22-16(10-20-23-17)21-15-8-7-13(18)9-14(15)19/h2-10H,11H2,1H3,(H,21,22,23). The molecule has 5 nitrogen and oxygen atoms in total. The topological polar surface area (TPSA) is 53.9 Å². The lowest BCUT2D eigenvalue weighted by Crippen LogP contribution is -2.20. The minimum Gasteiger partial charge on any atom is -0.338 e. The van der Waals surface area contributed by atoms with Gasteiger partial charge in [0.25, 0.3) is 0 Å². The summed E-state index contributed by atoms with van der Waals surface area (Å²) in [6.07, 6.45) is 1.38. The second-order valence-electron chi connectivity index (χ2n) is 5.23. The van der Waals surface area contributed by atoms with Crippen molar-refractivity contribution in [3.05, 3.63) is 71.9 Å². The van der Waals surface area contributed by atoms with Crippen LogP contribution in [0.3, 0.4) is 0 Å². The molecular weight excluding hydrogens is 312 g/mol. The van der Waals surface area contributed by atoms with Crippen molar-refractivity contribution in [3.8, 4) is 0 Å². The smallest absolute Gasteiger partial charge is 0.247 e. The number of rotatable bonds is 5. The van der Waals surface area contributed by atoms with Crippen LogP contribution in [0.2, 0.25) is 0 Å². The second-order valence-corrected chi connectivity index (χ2v) is 5.23. The van der Waals surface area contributed by atoms with Crippen LogP contribution in [0.1, 0.15) is 5.56 Å². The number of hydrogen-bond acceptors (Lipinski definition) is 5. The highest BCUT2D eigenvalue weighted by atomic mass is 19.1. The summed E-state index contributed by atoms with van der Waals surface area (Å²) in [5.41, 5.74) is 1.22. The highest BCUT2D eigenvalue weighted by Crippen LogP contribution is 2.20. The molecule has 0 fully saturated rings. The van der Waals surface area contributed by atoms with Crippen LogP contribution in [0.15, 0.2) is 54.7 Å². The van der Waals surface area contributed by atoms with Gasteiger partial charge >= 0.3 is 0 Å². The molecule has 3 rings (SSSR count). The third-order valence-electron chi connectivity index (χ3n) is 3.35. The molecule has 1 heterocycles. The monoisotopic (exact) mass is 327 g/mol. The van der Waals surface area contributed by atoms with Gasteiger partial charge in [0, 0.05) is 19.7 Å². The predicted octanol–water partition coefficient (Wildman–Crippen LogP) is 3.53. The van der Waals surface area contributed by atoms with Gasteiger partial charge < -0.3 is 10.2 Å². The summed E-state index contributed by atoms with van der Waals surface area (Å²) in [6.45, 7) is 0.608. The number of benzene rings is 2. The van der Waals surface area contributed by atoms with E-state index in [1.807, 2.05) is 42.3 Å². The van der Waals surface area contributed by atoms with Crippen LogP contribution in [0.4, 0.5) is 26.2 Å². The highest BCUT2D eigenvalue weighted by Gasteiger charge is 2.09. The van der Waals surface area contributed by atoms with E-state index in [0.717, 1.165) is 11.6 Å². The normalized spacial score (nSPS) is 10.5. The van der Waals surface area contributed by atoms with Crippen molar-refractivity contribution in [2.75, 3.05) is 17.3 Å². The predicted molar refractivity (Wildman–Crippen MR) is 88.0 cm³/mol. The number of nitrogens with zero attached hydrogens (tertiary/aromatic N) is 4. The molecular formula is C17H15F2N5. The molecule has 0 saturated carbocycles. The molecule has 0 radical (unpaired) electrons. The molecule has 0 atom stereocenters. The average molecular weight is 327 g/mol. The van der Waals surface area contributed by atoms with E-state index in [1.165, 1.54) is 18.3 Å². The fourth-order valence-electron chi connectivity index (χ4n) is 2.17. The Balaban J connectivity index is 1.76. The lowest BCUT2D eigenvalue weighted by Gasteiger charge is -2.17. The average Bonchev–Trinajstić information content (AvgIpc) is 2.59. The van der Waals surface area contributed by atoms with Crippen LogP contribution in [0.5, 0.6) is 0 Å². The minimum absolute atomic E-state index is 0.119. The number of halogens is 2. The zero-order chi connectivity index (χ0) is 16.9. The van der Waals surface area contributed by atoms with E-state index in [2.05, 4.69) is 20.5 Å². The van der Waals surface area contributed by atoms with E-state index < -0.39 is 11.6 Å². The molecule has 0 unspecified atom stereocenters. The van der Waals surface area contributed by atoms with Crippen molar-refractivity contribution in [1.82, 2.24) is 15.2 Å². The van der Waals surface area contributed by atoms with Crippen LogP contribution >= 0.6 is 0 Å². The van der Waals surface area contributed by atoms with Gasteiger partial charge in [0.1, 0.15) is 11.6 Å². The molecule has 0 aliphatic rings. The van der Waals surface area contributed by atoms with Gasteiger partial charge in [0.2, 0.25) is 5.95 Å². The summed E-state index contributed by atoms with van der Waals surface area (Å²) in [4.78, 5) is 6.14. The first-order valence-electron chi connectivity index (χ1n) is 7.28. The lowest BCUT2D eigenvalue weighted by atomic mass is 10.2. The number of nitrogens with one attached hydrogen (secondary N) is 1. The Hall–Kier alpha value is -3.09. The molecule has 0 amide bonds. The van der Waals surface area contributed by atoms with Crippen LogP contribution < -0.4 is 10.2 Å². The van der Waals surface area contributed by atoms with Crippen molar-refractivity contribution in [2.24, 2.45) is 0 Å². The maximum Gasteiger partial charge on any atom is 0.247 e. The molecule has 0 aliphatic heterocycles. The van der Waals surface area contributed by atoms with E-state index in [9.17, 15) is 8.78 Å². The van der Waals surface area contributed by atoms with Gasteiger partial charge in [-0.1, -0.05) is 30.3 Å². The molecule has 122 valence electrons. The van der Waals surface area contributed by atoms with Gasteiger partial charge in [-0.2, -0.15) is 10.1 Å². The molecule has 3 aromatic rings. The van der Waals surface area contributed by atoms with Crippen LogP contribution in [-0.4, -0.2) is 22.2 Å². The third kappa shape index (κ3) is 3.81. The zero-order valence-electron chi connectivity index (χ0n) is 12.9. The fourth-order valence-corrected chi connectivity index (χ4v) is 2.17. The Bertz CT molecular complexity index is 826. The number of anilines is 3. The quantitative estimate of drug-likeness (QED) is 0.777. The van der Waals surface area contributed by atoms with Crippen molar-refractivity contribution >= 4 is 17.5 Å². The molecule has 0 aliphatic carbocycles. The van der Waals surface area contributed by atoms with E-state index in [-0.39, 0.29) is 5.69 Å². The van der Waals surface area contributed by atoms with E-state index in [4.69, 9.17) is 0 Å². The summed E-state index contributed by atoms with van der Waals surface area (Å²) >= 11 is 0. The first kappa shape index (κ1) is 15.8. The lowest BCUT2D eigenvalue weighted by molar-refractivity contribution is 0.586. The Morgan fingerprint density at radius 2 is 1.88 bits per heavy atom. The molecule has 1 N–H and O–H groups in total. The van der Waals surface area contributed by atoms with Gasteiger partial charge in [-0.25, -0.2) is 8.78 Å². The zero-order valence-corrected chi connectivity index (χ0v) is 12.9. The molecule has 2 aromatic carbocycles. The Morgan fingerprint density at radius 3 is 2.62 bits per heavy atom. The summed E-state index contributed by atoms with van der Waals surface area (Å²) in [6, 6.07) is 13.1.